The zero-order valence-corrected chi connectivity index (χ0v) is 15.1. The Balaban J connectivity index is 1.59. The average Bonchev–Trinajstić information content (AvgIpc) is 3.31. The van der Waals surface area contributed by atoms with Gasteiger partial charge in [-0.1, -0.05) is 30.3 Å². The van der Waals surface area contributed by atoms with Crippen molar-refractivity contribution in [3.63, 3.8) is 0 Å². The van der Waals surface area contributed by atoms with Crippen LogP contribution in [0.4, 0.5) is 0 Å². The number of amides is 1. The van der Waals surface area contributed by atoms with Crippen LogP contribution in [0.2, 0.25) is 0 Å². The summed E-state index contributed by atoms with van der Waals surface area (Å²) in [5, 5.41) is 4.83. The molecular formula is C19H18N2OS2. The standard InChI is InChI=1S/C19H18N2OS2/c1-21(16-9-4-7-13-6-2-3-8-14(13)16)19(22)15-12-24-18(20-15)17-10-5-11-23-17/h2-3,5-6,8,10-12,16H,4,7,9H2,1H3/t16-/m0/s1. The molecule has 3 nitrogen and oxygen atoms in total. The molecule has 0 fully saturated rings. The van der Waals surface area contributed by atoms with Gasteiger partial charge in [0.2, 0.25) is 0 Å². The Kier molecular flexibility index (Phi) is 4.21. The highest BCUT2D eigenvalue weighted by atomic mass is 32.1. The second-order valence-electron chi connectivity index (χ2n) is 6.04. The number of carbonyl (C=O) groups excluding carboxylic acids is 1. The molecule has 1 aromatic carbocycles. The molecule has 0 spiro atoms. The van der Waals surface area contributed by atoms with Crippen molar-refractivity contribution in [1.82, 2.24) is 9.88 Å². The molecule has 24 heavy (non-hydrogen) atoms. The van der Waals surface area contributed by atoms with Gasteiger partial charge in [0.1, 0.15) is 10.7 Å². The number of benzene rings is 1. The maximum absolute atomic E-state index is 12.9. The molecule has 0 saturated heterocycles. The van der Waals surface area contributed by atoms with Crippen molar-refractivity contribution < 1.29 is 4.79 Å². The molecule has 0 bridgehead atoms. The Morgan fingerprint density at radius 1 is 1.21 bits per heavy atom. The molecule has 2 heterocycles. The third kappa shape index (κ3) is 2.78. The summed E-state index contributed by atoms with van der Waals surface area (Å²) >= 11 is 3.19. The molecule has 0 radical (unpaired) electrons. The smallest absolute Gasteiger partial charge is 0.273 e. The van der Waals surface area contributed by atoms with Crippen LogP contribution in [0.3, 0.4) is 0 Å². The first-order valence-corrected chi connectivity index (χ1v) is 9.84. The Morgan fingerprint density at radius 2 is 2.08 bits per heavy atom. The molecule has 4 rings (SSSR count). The van der Waals surface area contributed by atoms with Crippen LogP contribution in [-0.4, -0.2) is 22.8 Å². The molecule has 0 N–H and O–H groups in total. The van der Waals surface area contributed by atoms with Crippen LogP contribution in [0.25, 0.3) is 9.88 Å². The largest absolute Gasteiger partial charge is 0.333 e. The number of rotatable bonds is 3. The zero-order valence-electron chi connectivity index (χ0n) is 13.4. The number of carbonyl (C=O) groups is 1. The number of hydrogen-bond acceptors (Lipinski definition) is 4. The van der Waals surface area contributed by atoms with Crippen molar-refractivity contribution in [2.75, 3.05) is 7.05 Å². The number of thiophene rings is 1. The highest BCUT2D eigenvalue weighted by Gasteiger charge is 2.28. The van der Waals surface area contributed by atoms with E-state index in [0.717, 1.165) is 29.1 Å². The minimum Gasteiger partial charge on any atom is -0.333 e. The van der Waals surface area contributed by atoms with Gasteiger partial charge in [-0.2, -0.15) is 0 Å². The van der Waals surface area contributed by atoms with Gasteiger partial charge in [-0.15, -0.1) is 22.7 Å². The lowest BCUT2D eigenvalue weighted by Gasteiger charge is -2.33. The van der Waals surface area contributed by atoms with Crippen LogP contribution in [-0.2, 0) is 6.42 Å². The fourth-order valence-electron chi connectivity index (χ4n) is 3.34. The highest BCUT2D eigenvalue weighted by molar-refractivity contribution is 7.20. The summed E-state index contributed by atoms with van der Waals surface area (Å²) in [6.45, 7) is 0. The first-order chi connectivity index (χ1) is 11.7. The summed E-state index contributed by atoms with van der Waals surface area (Å²) in [4.78, 5) is 20.5. The van der Waals surface area contributed by atoms with E-state index in [4.69, 9.17) is 0 Å². The molecule has 1 aliphatic rings. The van der Waals surface area contributed by atoms with Crippen LogP contribution >= 0.6 is 22.7 Å². The Labute approximate surface area is 149 Å². The van der Waals surface area contributed by atoms with Crippen molar-refractivity contribution in [2.24, 2.45) is 0 Å². The summed E-state index contributed by atoms with van der Waals surface area (Å²) < 4.78 is 0. The van der Waals surface area contributed by atoms with Crippen LogP contribution in [0.1, 0.15) is 40.5 Å². The summed E-state index contributed by atoms with van der Waals surface area (Å²) in [5.41, 5.74) is 3.20. The fourth-order valence-corrected chi connectivity index (χ4v) is 4.95. The Hall–Kier alpha value is -1.98. The third-order valence-corrected chi connectivity index (χ3v) is 6.46. The van der Waals surface area contributed by atoms with Gasteiger partial charge in [-0.25, -0.2) is 4.98 Å². The summed E-state index contributed by atoms with van der Waals surface area (Å²) in [6, 6.07) is 12.7. The predicted molar refractivity (Wildman–Crippen MR) is 99.6 cm³/mol. The minimum absolute atomic E-state index is 0.00996. The van der Waals surface area contributed by atoms with Crippen molar-refractivity contribution in [3.8, 4) is 9.88 Å². The Morgan fingerprint density at radius 3 is 2.92 bits per heavy atom. The van der Waals surface area contributed by atoms with Crippen LogP contribution in [0, 0.1) is 0 Å². The molecule has 0 saturated carbocycles. The highest BCUT2D eigenvalue weighted by Crippen LogP contribution is 2.35. The normalized spacial score (nSPS) is 16.6. The van der Waals surface area contributed by atoms with E-state index in [2.05, 4.69) is 29.2 Å². The third-order valence-electron chi connectivity index (χ3n) is 4.58. The number of fused-ring (bicyclic) bond motifs is 1. The lowest BCUT2D eigenvalue weighted by Crippen LogP contribution is -2.33. The molecule has 5 heteroatoms. The molecule has 2 aromatic heterocycles. The van der Waals surface area contributed by atoms with E-state index in [1.54, 1.807) is 11.3 Å². The summed E-state index contributed by atoms with van der Waals surface area (Å²) in [7, 11) is 1.90. The van der Waals surface area contributed by atoms with E-state index in [9.17, 15) is 4.79 Å². The van der Waals surface area contributed by atoms with E-state index >= 15 is 0 Å². The fraction of sp³-hybridized carbons (Fsp3) is 0.263. The lowest BCUT2D eigenvalue weighted by atomic mass is 9.87. The first kappa shape index (κ1) is 15.5. The minimum atomic E-state index is 0.00996. The number of aromatic nitrogens is 1. The van der Waals surface area contributed by atoms with Gasteiger partial charge >= 0.3 is 0 Å². The van der Waals surface area contributed by atoms with Crippen molar-refractivity contribution in [3.05, 3.63) is 64.0 Å². The zero-order chi connectivity index (χ0) is 16.5. The predicted octanol–water partition coefficient (Wildman–Crippen LogP) is 5.02. The van der Waals surface area contributed by atoms with Crippen LogP contribution in [0.15, 0.2) is 47.2 Å². The van der Waals surface area contributed by atoms with Crippen LogP contribution < -0.4 is 0 Å². The SMILES string of the molecule is CN(C(=O)c1csc(-c2cccs2)n1)[C@H]1CCCc2ccccc21. The van der Waals surface area contributed by atoms with E-state index in [1.165, 1.54) is 22.5 Å². The molecule has 0 aliphatic heterocycles. The summed E-state index contributed by atoms with van der Waals surface area (Å²) in [5.74, 6) is 0.00996. The van der Waals surface area contributed by atoms with E-state index in [1.807, 2.05) is 34.8 Å². The van der Waals surface area contributed by atoms with E-state index in [0.29, 0.717) is 5.69 Å². The average molecular weight is 355 g/mol. The quantitative estimate of drug-likeness (QED) is 0.661. The van der Waals surface area contributed by atoms with Gasteiger partial charge in [0.15, 0.2) is 0 Å². The molecule has 122 valence electrons. The first-order valence-electron chi connectivity index (χ1n) is 8.08. The van der Waals surface area contributed by atoms with Gasteiger partial charge in [-0.05, 0) is 41.8 Å². The summed E-state index contributed by atoms with van der Waals surface area (Å²) in [6.07, 6.45) is 3.24. The van der Waals surface area contributed by atoms with Gasteiger partial charge in [0, 0.05) is 12.4 Å². The van der Waals surface area contributed by atoms with Crippen LogP contribution in [0.5, 0.6) is 0 Å². The number of hydrogen-bond donors (Lipinski definition) is 0. The second kappa shape index (κ2) is 6.49. The molecular weight excluding hydrogens is 336 g/mol. The molecule has 1 aliphatic carbocycles. The van der Waals surface area contributed by atoms with Gasteiger partial charge < -0.3 is 4.90 Å². The monoisotopic (exact) mass is 354 g/mol. The maximum Gasteiger partial charge on any atom is 0.273 e. The number of nitrogens with zero attached hydrogens (tertiary/aromatic N) is 2. The molecule has 0 unspecified atom stereocenters. The van der Waals surface area contributed by atoms with Crippen molar-refractivity contribution >= 4 is 28.6 Å². The van der Waals surface area contributed by atoms with E-state index < -0.39 is 0 Å². The van der Waals surface area contributed by atoms with Crippen molar-refractivity contribution in [1.29, 1.82) is 0 Å². The van der Waals surface area contributed by atoms with Gasteiger partial charge in [0.25, 0.3) is 5.91 Å². The second-order valence-corrected chi connectivity index (χ2v) is 7.84. The number of aryl methyl sites for hydroxylation is 1. The lowest BCUT2D eigenvalue weighted by molar-refractivity contribution is 0.0710. The van der Waals surface area contributed by atoms with Gasteiger partial charge in [0.05, 0.1) is 10.9 Å². The van der Waals surface area contributed by atoms with Crippen molar-refractivity contribution in [2.45, 2.75) is 25.3 Å². The number of thiazole rings is 1. The topological polar surface area (TPSA) is 33.2 Å². The maximum atomic E-state index is 12.9. The molecule has 3 aromatic rings. The van der Waals surface area contributed by atoms with E-state index in [-0.39, 0.29) is 11.9 Å². The molecule has 1 atom stereocenters. The van der Waals surface area contributed by atoms with Gasteiger partial charge in [-0.3, -0.25) is 4.79 Å². The Bertz CT molecular complexity index is 854. The molecule has 1 amide bonds.